The number of likely N-dealkylation sites (tertiary alicyclic amines) is 1. The zero-order chi connectivity index (χ0) is 18.7. The molecule has 0 aliphatic carbocycles. The number of amides is 2. The van der Waals surface area contributed by atoms with Crippen molar-refractivity contribution in [1.82, 2.24) is 9.88 Å². The van der Waals surface area contributed by atoms with Gasteiger partial charge in [-0.15, -0.1) is 11.3 Å². The number of hydrogen-bond donors (Lipinski definition) is 1. The van der Waals surface area contributed by atoms with Crippen LogP contribution in [-0.4, -0.2) is 34.8 Å². The van der Waals surface area contributed by atoms with Crippen LogP contribution in [0.4, 0.5) is 5.69 Å². The second kappa shape index (κ2) is 7.83. The molecule has 3 rings (SSSR count). The minimum absolute atomic E-state index is 0.0385. The first-order chi connectivity index (χ1) is 12.5. The normalized spacial score (nSPS) is 14.9. The van der Waals surface area contributed by atoms with Gasteiger partial charge in [0.2, 0.25) is 5.91 Å². The molecule has 0 radical (unpaired) electrons. The average molecular weight is 369 g/mol. The van der Waals surface area contributed by atoms with Crippen molar-refractivity contribution in [3.05, 3.63) is 58.1 Å². The second-order valence-corrected chi connectivity index (χ2v) is 7.77. The van der Waals surface area contributed by atoms with Crippen LogP contribution >= 0.6 is 11.3 Å². The summed E-state index contributed by atoms with van der Waals surface area (Å²) in [5.74, 6) is 0.225. The summed E-state index contributed by atoms with van der Waals surface area (Å²) in [6.45, 7) is 9.07. The molecular formula is C20H23N3O2S. The maximum Gasteiger partial charge on any atom is 0.253 e. The van der Waals surface area contributed by atoms with Crippen molar-refractivity contribution in [3.8, 4) is 0 Å². The molecule has 0 spiro atoms. The number of thiazole rings is 1. The van der Waals surface area contributed by atoms with Gasteiger partial charge in [-0.25, -0.2) is 4.98 Å². The van der Waals surface area contributed by atoms with Crippen LogP contribution in [0.15, 0.2) is 36.9 Å². The van der Waals surface area contributed by atoms with E-state index in [-0.39, 0.29) is 11.8 Å². The van der Waals surface area contributed by atoms with Crippen LogP contribution in [0.25, 0.3) is 0 Å². The van der Waals surface area contributed by atoms with Gasteiger partial charge in [0, 0.05) is 35.1 Å². The van der Waals surface area contributed by atoms with Crippen molar-refractivity contribution < 1.29 is 9.59 Å². The number of nitrogens with one attached hydrogen (secondary N) is 1. The van der Waals surface area contributed by atoms with Gasteiger partial charge in [0.15, 0.2) is 0 Å². The van der Waals surface area contributed by atoms with Gasteiger partial charge in [-0.3, -0.25) is 9.59 Å². The van der Waals surface area contributed by atoms with E-state index in [9.17, 15) is 9.59 Å². The summed E-state index contributed by atoms with van der Waals surface area (Å²) < 4.78 is 0. The van der Waals surface area contributed by atoms with Crippen LogP contribution in [0, 0.1) is 13.8 Å². The molecule has 0 atom stereocenters. The molecule has 2 heterocycles. The summed E-state index contributed by atoms with van der Waals surface area (Å²) in [5.41, 5.74) is 2.41. The van der Waals surface area contributed by atoms with Gasteiger partial charge in [-0.2, -0.15) is 0 Å². The Morgan fingerprint density at radius 2 is 1.88 bits per heavy atom. The summed E-state index contributed by atoms with van der Waals surface area (Å²) in [4.78, 5) is 31.9. The molecular weight excluding hydrogens is 346 g/mol. The Kier molecular flexibility index (Phi) is 5.52. The molecule has 0 saturated carbocycles. The standard InChI is InChI=1S/C20H23N3O2S/c1-4-18(24)22-17-7-5-16(6-8-17)20(25)23-11-9-15(10-12-23)19-21-13(2)14(3)26-19/h4-8,15H,1,9-12H2,2-3H3,(H,22,24). The minimum Gasteiger partial charge on any atom is -0.339 e. The maximum atomic E-state index is 12.7. The fourth-order valence-corrected chi connectivity index (χ4v) is 4.17. The molecule has 26 heavy (non-hydrogen) atoms. The number of carbonyl (C=O) groups is 2. The molecule has 6 heteroatoms. The Balaban J connectivity index is 1.59. The highest BCUT2D eigenvalue weighted by molar-refractivity contribution is 7.11. The smallest absolute Gasteiger partial charge is 0.253 e. The number of hydrogen-bond acceptors (Lipinski definition) is 4. The Labute approximate surface area is 157 Å². The number of aromatic nitrogens is 1. The lowest BCUT2D eigenvalue weighted by molar-refractivity contribution is -0.111. The third kappa shape index (κ3) is 4.02. The van der Waals surface area contributed by atoms with Crippen LogP contribution in [-0.2, 0) is 4.79 Å². The third-order valence-electron chi connectivity index (χ3n) is 4.76. The summed E-state index contributed by atoms with van der Waals surface area (Å²) in [6, 6.07) is 6.98. The fourth-order valence-electron chi connectivity index (χ4n) is 3.07. The summed E-state index contributed by atoms with van der Waals surface area (Å²) in [5, 5.41) is 3.88. The first-order valence-electron chi connectivity index (χ1n) is 8.74. The monoisotopic (exact) mass is 369 g/mol. The van der Waals surface area contributed by atoms with Crippen molar-refractivity contribution in [2.24, 2.45) is 0 Å². The van der Waals surface area contributed by atoms with E-state index in [1.165, 1.54) is 16.0 Å². The third-order valence-corrected chi connectivity index (χ3v) is 6.00. The molecule has 2 aromatic rings. The second-order valence-electron chi connectivity index (χ2n) is 6.53. The van der Waals surface area contributed by atoms with Crippen LogP contribution in [0.5, 0.6) is 0 Å². The highest BCUT2D eigenvalue weighted by atomic mass is 32.1. The Bertz CT molecular complexity index is 799. The Morgan fingerprint density at radius 3 is 2.42 bits per heavy atom. The number of piperidine rings is 1. The maximum absolute atomic E-state index is 12.7. The quantitative estimate of drug-likeness (QED) is 0.831. The van der Waals surface area contributed by atoms with E-state index < -0.39 is 0 Å². The van der Waals surface area contributed by atoms with Gasteiger partial charge < -0.3 is 10.2 Å². The predicted octanol–water partition coefficient (Wildman–Crippen LogP) is 3.90. The van der Waals surface area contributed by atoms with E-state index in [1.54, 1.807) is 35.6 Å². The number of benzene rings is 1. The molecule has 136 valence electrons. The van der Waals surface area contributed by atoms with Gasteiger partial charge in [-0.05, 0) is 57.0 Å². The van der Waals surface area contributed by atoms with Crippen LogP contribution in [0.2, 0.25) is 0 Å². The topological polar surface area (TPSA) is 62.3 Å². The van der Waals surface area contributed by atoms with E-state index in [4.69, 9.17) is 0 Å². The minimum atomic E-state index is -0.265. The lowest BCUT2D eigenvalue weighted by Crippen LogP contribution is -2.37. The molecule has 5 nitrogen and oxygen atoms in total. The zero-order valence-corrected chi connectivity index (χ0v) is 15.9. The first-order valence-corrected chi connectivity index (χ1v) is 9.56. The molecule has 0 bridgehead atoms. The number of rotatable bonds is 4. The summed E-state index contributed by atoms with van der Waals surface area (Å²) in [7, 11) is 0. The number of aryl methyl sites for hydroxylation is 2. The Morgan fingerprint density at radius 1 is 1.23 bits per heavy atom. The van der Waals surface area contributed by atoms with Gasteiger partial charge >= 0.3 is 0 Å². The van der Waals surface area contributed by atoms with Crippen LogP contribution < -0.4 is 5.32 Å². The van der Waals surface area contributed by atoms with Gasteiger partial charge in [0.05, 0.1) is 10.7 Å². The molecule has 1 aliphatic heterocycles. The van der Waals surface area contributed by atoms with E-state index in [0.717, 1.165) is 31.6 Å². The molecule has 1 fully saturated rings. The average Bonchev–Trinajstić information content (AvgIpc) is 3.00. The zero-order valence-electron chi connectivity index (χ0n) is 15.1. The Hall–Kier alpha value is -2.47. The van der Waals surface area contributed by atoms with Crippen LogP contribution in [0.3, 0.4) is 0 Å². The highest BCUT2D eigenvalue weighted by Crippen LogP contribution is 2.32. The van der Waals surface area contributed by atoms with Crippen molar-refractivity contribution >= 4 is 28.8 Å². The van der Waals surface area contributed by atoms with Crippen molar-refractivity contribution in [1.29, 1.82) is 0 Å². The molecule has 0 unspecified atom stereocenters. The van der Waals surface area contributed by atoms with Gasteiger partial charge in [0.1, 0.15) is 0 Å². The van der Waals surface area contributed by atoms with Gasteiger partial charge in [0.25, 0.3) is 5.91 Å². The number of nitrogens with zero attached hydrogens (tertiary/aromatic N) is 2. The SMILES string of the molecule is C=CC(=O)Nc1ccc(C(=O)N2CCC(c3nc(C)c(C)s3)CC2)cc1. The predicted molar refractivity (Wildman–Crippen MR) is 105 cm³/mol. The fraction of sp³-hybridized carbons (Fsp3) is 0.350. The summed E-state index contributed by atoms with van der Waals surface area (Å²) in [6.07, 6.45) is 3.12. The van der Waals surface area contributed by atoms with Crippen molar-refractivity contribution in [3.63, 3.8) is 0 Å². The molecule has 2 amide bonds. The molecule has 1 aliphatic rings. The molecule has 1 N–H and O–H groups in total. The summed E-state index contributed by atoms with van der Waals surface area (Å²) >= 11 is 1.78. The van der Waals surface area contributed by atoms with E-state index in [1.807, 2.05) is 4.90 Å². The van der Waals surface area contributed by atoms with Crippen LogP contribution in [0.1, 0.15) is 44.7 Å². The number of anilines is 1. The van der Waals surface area contributed by atoms with Gasteiger partial charge in [-0.1, -0.05) is 6.58 Å². The van der Waals surface area contributed by atoms with E-state index in [2.05, 4.69) is 30.7 Å². The lowest BCUT2D eigenvalue weighted by atomic mass is 9.97. The van der Waals surface area contributed by atoms with E-state index >= 15 is 0 Å². The lowest BCUT2D eigenvalue weighted by Gasteiger charge is -2.31. The molecule has 1 aromatic heterocycles. The van der Waals surface area contributed by atoms with Crippen molar-refractivity contribution in [2.75, 3.05) is 18.4 Å². The van der Waals surface area contributed by atoms with Crippen molar-refractivity contribution in [2.45, 2.75) is 32.6 Å². The molecule has 1 aromatic carbocycles. The molecule has 1 saturated heterocycles. The van der Waals surface area contributed by atoms with E-state index in [0.29, 0.717) is 17.2 Å². The highest BCUT2D eigenvalue weighted by Gasteiger charge is 2.26. The first kappa shape index (κ1) is 18.3. The number of carbonyl (C=O) groups excluding carboxylic acids is 2. The largest absolute Gasteiger partial charge is 0.339 e.